The van der Waals surface area contributed by atoms with Crippen molar-refractivity contribution in [1.82, 2.24) is 5.32 Å². The van der Waals surface area contributed by atoms with Crippen molar-refractivity contribution >= 4 is 9.84 Å². The molecule has 2 aliphatic rings. The van der Waals surface area contributed by atoms with Crippen molar-refractivity contribution in [3.05, 3.63) is 0 Å². The molecule has 5 heteroatoms. The Morgan fingerprint density at radius 2 is 1.78 bits per heavy atom. The molecular formula is C13H25NO3S. The second kappa shape index (κ2) is 5.47. The zero-order chi connectivity index (χ0) is 13.3. The van der Waals surface area contributed by atoms with Gasteiger partial charge in [-0.05, 0) is 24.7 Å². The Bertz CT molecular complexity index is 380. The molecule has 1 saturated carbocycles. The van der Waals surface area contributed by atoms with Crippen LogP contribution in [0.2, 0.25) is 0 Å². The first-order valence-electron chi connectivity index (χ1n) is 7.03. The molecule has 0 bridgehead atoms. The SMILES string of the molecule is CC(C)C1CCCCC1NC1CS(=O)(=O)CC1O. The molecule has 106 valence electrons. The van der Waals surface area contributed by atoms with Gasteiger partial charge in [-0.2, -0.15) is 0 Å². The van der Waals surface area contributed by atoms with Crippen LogP contribution in [0.25, 0.3) is 0 Å². The molecule has 2 rings (SSSR count). The van der Waals surface area contributed by atoms with Crippen molar-refractivity contribution in [2.24, 2.45) is 11.8 Å². The molecule has 0 amide bonds. The van der Waals surface area contributed by atoms with Crippen molar-refractivity contribution in [1.29, 1.82) is 0 Å². The average molecular weight is 275 g/mol. The Labute approximate surface area is 110 Å². The van der Waals surface area contributed by atoms with Gasteiger partial charge in [-0.15, -0.1) is 0 Å². The van der Waals surface area contributed by atoms with E-state index in [2.05, 4.69) is 19.2 Å². The van der Waals surface area contributed by atoms with Gasteiger partial charge in [0, 0.05) is 12.1 Å². The molecule has 4 atom stereocenters. The van der Waals surface area contributed by atoms with Crippen LogP contribution >= 0.6 is 0 Å². The summed E-state index contributed by atoms with van der Waals surface area (Å²) in [6.07, 6.45) is 4.06. The number of nitrogens with one attached hydrogen (secondary N) is 1. The molecule has 0 spiro atoms. The van der Waals surface area contributed by atoms with Crippen LogP contribution < -0.4 is 5.32 Å². The van der Waals surface area contributed by atoms with Crippen LogP contribution in [0.4, 0.5) is 0 Å². The fourth-order valence-corrected chi connectivity index (χ4v) is 5.18. The number of hydrogen-bond donors (Lipinski definition) is 2. The number of rotatable bonds is 3. The lowest BCUT2D eigenvalue weighted by atomic mass is 9.77. The van der Waals surface area contributed by atoms with Crippen molar-refractivity contribution in [2.75, 3.05) is 11.5 Å². The van der Waals surface area contributed by atoms with E-state index in [0.29, 0.717) is 17.9 Å². The normalized spacial score (nSPS) is 40.2. The number of sulfone groups is 1. The molecule has 1 heterocycles. The highest BCUT2D eigenvalue weighted by Crippen LogP contribution is 2.31. The average Bonchev–Trinajstić information content (AvgIpc) is 2.52. The predicted octanol–water partition coefficient (Wildman–Crippen LogP) is 0.949. The van der Waals surface area contributed by atoms with Crippen LogP contribution in [0.15, 0.2) is 0 Å². The molecule has 1 aliphatic carbocycles. The minimum absolute atomic E-state index is 0.0796. The van der Waals surface area contributed by atoms with Gasteiger partial charge in [-0.3, -0.25) is 0 Å². The van der Waals surface area contributed by atoms with Gasteiger partial charge in [0.25, 0.3) is 0 Å². The van der Waals surface area contributed by atoms with Gasteiger partial charge in [0.05, 0.1) is 17.6 Å². The Balaban J connectivity index is 1.99. The Kier molecular flexibility index (Phi) is 4.34. The first-order chi connectivity index (χ1) is 8.39. The van der Waals surface area contributed by atoms with Crippen LogP contribution in [-0.2, 0) is 9.84 Å². The van der Waals surface area contributed by atoms with E-state index in [1.54, 1.807) is 0 Å². The lowest BCUT2D eigenvalue weighted by Gasteiger charge is -2.37. The third-order valence-corrected chi connectivity index (χ3v) is 6.14. The van der Waals surface area contributed by atoms with Crippen molar-refractivity contribution < 1.29 is 13.5 Å². The highest BCUT2D eigenvalue weighted by atomic mass is 32.2. The molecule has 0 aromatic heterocycles. The summed E-state index contributed by atoms with van der Waals surface area (Å²) in [6.45, 7) is 4.46. The number of hydrogen-bond acceptors (Lipinski definition) is 4. The molecule has 0 aromatic carbocycles. The van der Waals surface area contributed by atoms with Gasteiger partial charge >= 0.3 is 0 Å². The summed E-state index contributed by atoms with van der Waals surface area (Å²) in [5.41, 5.74) is 0. The van der Waals surface area contributed by atoms with Crippen molar-refractivity contribution in [2.45, 2.75) is 57.7 Å². The smallest absolute Gasteiger partial charge is 0.154 e. The first kappa shape index (κ1) is 14.3. The van der Waals surface area contributed by atoms with E-state index in [9.17, 15) is 13.5 Å². The van der Waals surface area contributed by atoms with Crippen LogP contribution in [0, 0.1) is 11.8 Å². The monoisotopic (exact) mass is 275 g/mol. The third-order valence-electron chi connectivity index (χ3n) is 4.43. The Hall–Kier alpha value is -0.130. The minimum atomic E-state index is -3.05. The van der Waals surface area contributed by atoms with Crippen LogP contribution in [0.3, 0.4) is 0 Å². The largest absolute Gasteiger partial charge is 0.390 e. The van der Waals surface area contributed by atoms with Gasteiger partial charge in [0.15, 0.2) is 9.84 Å². The molecule has 4 unspecified atom stereocenters. The summed E-state index contributed by atoms with van der Waals surface area (Å²) in [4.78, 5) is 0. The van der Waals surface area contributed by atoms with E-state index >= 15 is 0 Å². The molecule has 0 radical (unpaired) electrons. The summed E-state index contributed by atoms with van der Waals surface area (Å²) in [5, 5.41) is 13.3. The highest BCUT2D eigenvalue weighted by molar-refractivity contribution is 7.91. The van der Waals surface area contributed by atoms with Gasteiger partial charge < -0.3 is 10.4 Å². The van der Waals surface area contributed by atoms with Gasteiger partial charge in [-0.25, -0.2) is 8.42 Å². The fourth-order valence-electron chi connectivity index (χ4n) is 3.43. The van der Waals surface area contributed by atoms with E-state index in [0.717, 1.165) is 6.42 Å². The molecule has 2 fully saturated rings. The number of aliphatic hydroxyl groups is 1. The zero-order valence-corrected chi connectivity index (χ0v) is 12.1. The molecular weight excluding hydrogens is 250 g/mol. The van der Waals surface area contributed by atoms with E-state index in [4.69, 9.17) is 0 Å². The molecule has 1 saturated heterocycles. The highest BCUT2D eigenvalue weighted by Gasteiger charge is 2.39. The van der Waals surface area contributed by atoms with E-state index in [-0.39, 0.29) is 17.5 Å². The second-order valence-electron chi connectivity index (χ2n) is 6.22. The van der Waals surface area contributed by atoms with E-state index < -0.39 is 15.9 Å². The van der Waals surface area contributed by atoms with E-state index in [1.807, 2.05) is 0 Å². The molecule has 0 aromatic rings. The summed E-state index contributed by atoms with van der Waals surface area (Å²) < 4.78 is 23.0. The third kappa shape index (κ3) is 3.25. The summed E-state index contributed by atoms with van der Waals surface area (Å²) >= 11 is 0. The Morgan fingerprint density at radius 1 is 1.11 bits per heavy atom. The molecule has 1 aliphatic heterocycles. The van der Waals surface area contributed by atoms with Crippen molar-refractivity contribution in [3.8, 4) is 0 Å². The maximum Gasteiger partial charge on any atom is 0.154 e. The maximum absolute atomic E-state index is 11.5. The second-order valence-corrected chi connectivity index (χ2v) is 8.37. The standard InChI is InChI=1S/C13H25NO3S/c1-9(2)10-5-3-4-6-11(10)14-12-7-18(16,17)8-13(12)15/h9-15H,3-8H2,1-2H3. The zero-order valence-electron chi connectivity index (χ0n) is 11.3. The minimum Gasteiger partial charge on any atom is -0.390 e. The van der Waals surface area contributed by atoms with Crippen LogP contribution in [0.5, 0.6) is 0 Å². The molecule has 18 heavy (non-hydrogen) atoms. The molecule has 2 N–H and O–H groups in total. The summed E-state index contributed by atoms with van der Waals surface area (Å²) in [7, 11) is -3.05. The lowest BCUT2D eigenvalue weighted by Crippen LogP contribution is -2.50. The summed E-state index contributed by atoms with van der Waals surface area (Å²) in [5.74, 6) is 1.23. The maximum atomic E-state index is 11.5. The predicted molar refractivity (Wildman–Crippen MR) is 72.2 cm³/mol. The molecule has 4 nitrogen and oxygen atoms in total. The number of aliphatic hydroxyl groups excluding tert-OH is 1. The lowest BCUT2D eigenvalue weighted by molar-refractivity contribution is 0.129. The Morgan fingerprint density at radius 3 is 2.33 bits per heavy atom. The van der Waals surface area contributed by atoms with E-state index in [1.165, 1.54) is 19.3 Å². The van der Waals surface area contributed by atoms with Crippen LogP contribution in [-0.4, -0.2) is 43.2 Å². The van der Waals surface area contributed by atoms with Crippen LogP contribution in [0.1, 0.15) is 39.5 Å². The van der Waals surface area contributed by atoms with Gasteiger partial charge in [0.2, 0.25) is 0 Å². The fraction of sp³-hybridized carbons (Fsp3) is 1.00. The summed E-state index contributed by atoms with van der Waals surface area (Å²) in [6, 6.07) is 0.103. The van der Waals surface area contributed by atoms with Gasteiger partial charge in [-0.1, -0.05) is 26.7 Å². The quantitative estimate of drug-likeness (QED) is 0.805. The first-order valence-corrected chi connectivity index (χ1v) is 8.86. The van der Waals surface area contributed by atoms with Crippen molar-refractivity contribution in [3.63, 3.8) is 0 Å². The van der Waals surface area contributed by atoms with Gasteiger partial charge in [0.1, 0.15) is 0 Å². The topological polar surface area (TPSA) is 66.4 Å².